The molecule has 0 aromatic heterocycles. The van der Waals surface area contributed by atoms with Gasteiger partial charge in [-0.2, -0.15) is 0 Å². The standard InChI is InChI=1S/C17H30O15/c18-1-5-14(10(23)11(24)15(27)30-5)32-17-13(26)9(22)8(21)6(31-17)3-29-16-12(25)7(20)4(19)2-28-16/h4-27H,1-3H2/t4-,5-,6-,7+,8-,9+,10-,11-,12-,13-,14-,15-,16-,17+/m1/s1. The highest BCUT2D eigenvalue weighted by atomic mass is 16.7. The van der Waals surface area contributed by atoms with E-state index in [-0.39, 0.29) is 6.61 Å². The second kappa shape index (κ2) is 10.8. The van der Waals surface area contributed by atoms with E-state index in [1.54, 1.807) is 0 Å². The van der Waals surface area contributed by atoms with E-state index in [0.29, 0.717) is 0 Å². The van der Waals surface area contributed by atoms with Crippen LogP contribution in [0.3, 0.4) is 0 Å². The van der Waals surface area contributed by atoms with Gasteiger partial charge in [0.25, 0.3) is 0 Å². The van der Waals surface area contributed by atoms with E-state index in [0.717, 1.165) is 0 Å². The Balaban J connectivity index is 1.65. The van der Waals surface area contributed by atoms with Crippen molar-refractivity contribution >= 4 is 0 Å². The molecule has 0 aliphatic carbocycles. The summed E-state index contributed by atoms with van der Waals surface area (Å²) in [6.07, 6.45) is -22.4. The second-order valence-electron chi connectivity index (χ2n) is 7.93. The summed E-state index contributed by atoms with van der Waals surface area (Å²) in [4.78, 5) is 0. The average molecular weight is 474 g/mol. The molecule has 3 fully saturated rings. The molecule has 15 heteroatoms. The van der Waals surface area contributed by atoms with Gasteiger partial charge in [0, 0.05) is 0 Å². The predicted molar refractivity (Wildman–Crippen MR) is 95.2 cm³/mol. The summed E-state index contributed by atoms with van der Waals surface area (Å²) in [5.74, 6) is 0. The van der Waals surface area contributed by atoms with Crippen LogP contribution in [-0.2, 0) is 23.7 Å². The third-order valence-electron chi connectivity index (χ3n) is 5.68. The summed E-state index contributed by atoms with van der Waals surface area (Å²) < 4.78 is 26.1. The van der Waals surface area contributed by atoms with Gasteiger partial charge < -0.3 is 74.7 Å². The Kier molecular flexibility index (Phi) is 8.75. The summed E-state index contributed by atoms with van der Waals surface area (Å²) in [7, 11) is 0. The molecule has 0 amide bonds. The molecule has 3 aliphatic rings. The van der Waals surface area contributed by atoms with Crippen LogP contribution < -0.4 is 0 Å². The smallest absolute Gasteiger partial charge is 0.187 e. The minimum absolute atomic E-state index is 0.333. The molecule has 3 aliphatic heterocycles. The molecular formula is C17H30O15. The largest absolute Gasteiger partial charge is 0.394 e. The van der Waals surface area contributed by atoms with Gasteiger partial charge in [0.15, 0.2) is 18.9 Å². The van der Waals surface area contributed by atoms with Gasteiger partial charge in [0.1, 0.15) is 67.1 Å². The van der Waals surface area contributed by atoms with E-state index >= 15 is 0 Å². The van der Waals surface area contributed by atoms with Gasteiger partial charge in [-0.3, -0.25) is 0 Å². The minimum Gasteiger partial charge on any atom is -0.394 e. The van der Waals surface area contributed by atoms with Gasteiger partial charge in [0.2, 0.25) is 0 Å². The van der Waals surface area contributed by atoms with Crippen molar-refractivity contribution in [2.75, 3.05) is 19.8 Å². The number of aliphatic hydroxyl groups is 10. The van der Waals surface area contributed by atoms with E-state index in [9.17, 15) is 51.1 Å². The van der Waals surface area contributed by atoms with Crippen molar-refractivity contribution in [3.63, 3.8) is 0 Å². The molecule has 3 heterocycles. The molecule has 3 rings (SSSR count). The van der Waals surface area contributed by atoms with Crippen LogP contribution in [0, 0.1) is 0 Å². The first kappa shape index (κ1) is 26.0. The average Bonchev–Trinajstić information content (AvgIpc) is 2.77. The van der Waals surface area contributed by atoms with Crippen molar-refractivity contribution in [3.8, 4) is 0 Å². The lowest BCUT2D eigenvalue weighted by molar-refractivity contribution is -0.360. The van der Waals surface area contributed by atoms with Gasteiger partial charge in [0.05, 0.1) is 19.8 Å². The number of rotatable bonds is 6. The molecule has 0 aromatic carbocycles. The molecule has 0 unspecified atom stereocenters. The lowest BCUT2D eigenvalue weighted by Gasteiger charge is -2.45. The Morgan fingerprint density at radius 2 is 1.31 bits per heavy atom. The van der Waals surface area contributed by atoms with Crippen LogP contribution in [0.2, 0.25) is 0 Å². The number of aliphatic hydroxyl groups excluding tert-OH is 10. The highest BCUT2D eigenvalue weighted by Gasteiger charge is 2.50. The van der Waals surface area contributed by atoms with Crippen molar-refractivity contribution in [1.29, 1.82) is 0 Å². The molecular weight excluding hydrogens is 444 g/mol. The first-order valence-corrected chi connectivity index (χ1v) is 9.99. The molecule has 10 N–H and O–H groups in total. The molecule has 3 saturated heterocycles. The van der Waals surface area contributed by atoms with Gasteiger partial charge in [-0.15, -0.1) is 0 Å². The number of hydrogen-bond acceptors (Lipinski definition) is 15. The maximum atomic E-state index is 10.2. The minimum atomic E-state index is -1.83. The molecule has 188 valence electrons. The van der Waals surface area contributed by atoms with Crippen molar-refractivity contribution in [2.45, 2.75) is 86.0 Å². The fourth-order valence-electron chi connectivity index (χ4n) is 3.67. The lowest BCUT2D eigenvalue weighted by Crippen LogP contribution is -2.64. The summed E-state index contributed by atoms with van der Waals surface area (Å²) in [5, 5.41) is 98.6. The quantitative estimate of drug-likeness (QED) is 0.172. The highest BCUT2D eigenvalue weighted by Crippen LogP contribution is 2.29. The van der Waals surface area contributed by atoms with Crippen LogP contribution in [0.1, 0.15) is 0 Å². The Labute approximate surface area is 181 Å². The van der Waals surface area contributed by atoms with Crippen molar-refractivity contribution < 1.29 is 74.7 Å². The summed E-state index contributed by atoms with van der Waals surface area (Å²) >= 11 is 0. The van der Waals surface area contributed by atoms with Crippen LogP contribution >= 0.6 is 0 Å². The number of hydrogen-bond donors (Lipinski definition) is 10. The first-order chi connectivity index (χ1) is 15.1. The van der Waals surface area contributed by atoms with Crippen LogP contribution in [0.15, 0.2) is 0 Å². The summed E-state index contributed by atoms with van der Waals surface area (Å²) in [6.45, 7) is -1.60. The van der Waals surface area contributed by atoms with Crippen LogP contribution in [-0.4, -0.2) is 157 Å². The molecule has 15 nitrogen and oxygen atoms in total. The molecule has 14 atom stereocenters. The normalized spacial score (nSPS) is 52.7. The molecule has 0 aromatic rings. The molecule has 0 saturated carbocycles. The Bertz CT molecular complexity index is 594. The van der Waals surface area contributed by atoms with Crippen molar-refractivity contribution in [2.24, 2.45) is 0 Å². The van der Waals surface area contributed by atoms with Gasteiger partial charge in [-0.25, -0.2) is 0 Å². The third-order valence-corrected chi connectivity index (χ3v) is 5.68. The Morgan fingerprint density at radius 1 is 0.656 bits per heavy atom. The summed E-state index contributed by atoms with van der Waals surface area (Å²) in [6, 6.07) is 0. The topological polar surface area (TPSA) is 248 Å². The van der Waals surface area contributed by atoms with Gasteiger partial charge in [-0.1, -0.05) is 0 Å². The van der Waals surface area contributed by atoms with E-state index in [2.05, 4.69) is 0 Å². The maximum Gasteiger partial charge on any atom is 0.187 e. The van der Waals surface area contributed by atoms with Crippen molar-refractivity contribution in [1.82, 2.24) is 0 Å². The van der Waals surface area contributed by atoms with Crippen LogP contribution in [0.4, 0.5) is 0 Å². The monoisotopic (exact) mass is 474 g/mol. The first-order valence-electron chi connectivity index (χ1n) is 9.99. The van der Waals surface area contributed by atoms with Crippen LogP contribution in [0.5, 0.6) is 0 Å². The Hall–Kier alpha value is -0.600. The molecule has 32 heavy (non-hydrogen) atoms. The zero-order valence-electron chi connectivity index (χ0n) is 16.7. The van der Waals surface area contributed by atoms with E-state index in [4.69, 9.17) is 23.7 Å². The fraction of sp³-hybridized carbons (Fsp3) is 1.00. The maximum absolute atomic E-state index is 10.2. The Morgan fingerprint density at radius 3 is 1.97 bits per heavy atom. The lowest BCUT2D eigenvalue weighted by atomic mass is 9.97. The van der Waals surface area contributed by atoms with Crippen LogP contribution in [0.25, 0.3) is 0 Å². The van der Waals surface area contributed by atoms with E-state index in [1.165, 1.54) is 0 Å². The second-order valence-corrected chi connectivity index (χ2v) is 7.93. The summed E-state index contributed by atoms with van der Waals surface area (Å²) in [5.41, 5.74) is 0. The SMILES string of the molecule is OC[C@H]1O[C@@H](O)[C@H](O)[C@@H](O)[C@@H]1O[C@@H]1O[C@H](CO[C@H]2OC[C@@H](O)[C@H](O)[C@H]2O)[C@@H](O)[C@H](O)[C@H]1O. The number of ether oxygens (including phenoxy) is 5. The molecule has 0 bridgehead atoms. The van der Waals surface area contributed by atoms with Gasteiger partial charge >= 0.3 is 0 Å². The molecule has 0 spiro atoms. The zero-order chi connectivity index (χ0) is 23.7. The van der Waals surface area contributed by atoms with Crippen molar-refractivity contribution in [3.05, 3.63) is 0 Å². The van der Waals surface area contributed by atoms with E-state index in [1.807, 2.05) is 0 Å². The van der Waals surface area contributed by atoms with Gasteiger partial charge in [-0.05, 0) is 0 Å². The zero-order valence-corrected chi connectivity index (χ0v) is 16.7. The highest BCUT2D eigenvalue weighted by molar-refractivity contribution is 4.94. The van der Waals surface area contributed by atoms with E-state index < -0.39 is 99.2 Å². The fourth-order valence-corrected chi connectivity index (χ4v) is 3.67. The molecule has 0 radical (unpaired) electrons. The predicted octanol–water partition coefficient (Wildman–Crippen LogP) is -6.93. The third kappa shape index (κ3) is 5.22.